The Hall–Kier alpha value is -0.220. The van der Waals surface area contributed by atoms with E-state index in [0.29, 0.717) is 0 Å². The minimum Gasteiger partial charge on any atom is -0.329 e. The first-order valence-electron chi connectivity index (χ1n) is 2.71. The summed E-state index contributed by atoms with van der Waals surface area (Å²) in [5.41, 5.74) is 4.92. The third-order valence-electron chi connectivity index (χ3n) is 0.840. The van der Waals surface area contributed by atoms with Crippen molar-refractivity contribution >= 4 is 21.1 Å². The summed E-state index contributed by atoms with van der Waals surface area (Å²) in [6, 6.07) is 0. The maximum atomic E-state index is 10.0. The zero-order valence-corrected chi connectivity index (χ0v) is 7.96. The van der Waals surface area contributed by atoms with E-state index in [4.69, 9.17) is 23.3 Å². The topological polar surface area (TPSA) is 135 Å². The smallest absolute Gasteiger partial charge is 0.268 e. The van der Waals surface area contributed by atoms with Gasteiger partial charge in [0.2, 0.25) is 0 Å². The van der Waals surface area contributed by atoms with Crippen LogP contribution in [0.15, 0.2) is 0 Å². The molecule has 0 aromatic rings. The molecule has 0 fully saturated rings. The second kappa shape index (κ2) is 6.31. The van der Waals surface area contributed by atoms with Gasteiger partial charge in [0.1, 0.15) is 0 Å². The molecule has 0 saturated carbocycles. The van der Waals surface area contributed by atoms with Gasteiger partial charge in [-0.3, -0.25) is 9.11 Å². The summed E-state index contributed by atoms with van der Waals surface area (Å²) in [6.45, 7) is 1.30. The number of nitrogens with two attached hydrogens (primary N) is 1. The second-order valence-electron chi connectivity index (χ2n) is 1.80. The van der Waals surface area contributed by atoms with Crippen molar-refractivity contribution in [2.24, 2.45) is 5.73 Å². The van der Waals surface area contributed by atoms with Gasteiger partial charge >= 0.3 is 0 Å². The van der Waals surface area contributed by atoms with E-state index in [-0.39, 0.29) is 6.54 Å². The summed E-state index contributed by atoms with van der Waals surface area (Å²) in [4.78, 5) is 0. The molecule has 0 heterocycles. The Bertz CT molecular complexity index is 259. The first-order valence-corrected chi connectivity index (χ1v) is 5.34. The molecule has 4 N–H and O–H groups in total. The molecular formula is C3H11NO6S2. The first-order chi connectivity index (χ1) is 5.21. The van der Waals surface area contributed by atoms with Crippen LogP contribution in [0.3, 0.4) is 0 Å². The summed E-state index contributed by atoms with van der Waals surface area (Å²) in [6.07, 6.45) is 0. The summed E-state index contributed by atoms with van der Waals surface area (Å²) in [5, 5.41) is -0.845. The highest BCUT2D eigenvalue weighted by molar-refractivity contribution is 7.86. The van der Waals surface area contributed by atoms with Gasteiger partial charge in [0.25, 0.3) is 21.1 Å². The standard InChI is InChI=1S/C3H9NO3S.H2O3S/c1-3(2-4)8(5,6)7;1-4(2)3/h3H,2,4H2,1H3,(H,5,6,7);4H,(H,1,2,3). The van der Waals surface area contributed by atoms with E-state index in [0.717, 1.165) is 0 Å². The predicted molar refractivity (Wildman–Crippen MR) is 43.0 cm³/mol. The van der Waals surface area contributed by atoms with Gasteiger partial charge in [-0.25, -0.2) is 8.42 Å². The molecule has 9 heteroatoms. The van der Waals surface area contributed by atoms with E-state index >= 15 is 0 Å². The van der Waals surface area contributed by atoms with E-state index in [2.05, 4.69) is 0 Å². The van der Waals surface area contributed by atoms with Crippen molar-refractivity contribution < 1.29 is 25.9 Å². The SMILES string of the molecule is CC(CN)S(=O)(=O)O.O=[SH](=O)O. The average Bonchev–Trinajstić information content (AvgIpc) is 1.82. The molecule has 0 bridgehead atoms. The van der Waals surface area contributed by atoms with Crippen LogP contribution in [0.4, 0.5) is 0 Å². The van der Waals surface area contributed by atoms with Gasteiger partial charge < -0.3 is 5.73 Å². The molecule has 0 aliphatic rings. The van der Waals surface area contributed by atoms with Crippen molar-refractivity contribution in [3.63, 3.8) is 0 Å². The third kappa shape index (κ3) is 12.5. The van der Waals surface area contributed by atoms with Crippen LogP contribution in [-0.2, 0) is 21.1 Å². The van der Waals surface area contributed by atoms with Gasteiger partial charge in [0.05, 0.1) is 5.25 Å². The highest BCUT2D eigenvalue weighted by atomic mass is 32.2. The van der Waals surface area contributed by atoms with Crippen LogP contribution < -0.4 is 5.73 Å². The fourth-order valence-electron chi connectivity index (χ4n) is 0.122. The molecule has 76 valence electrons. The fourth-order valence-corrected chi connectivity index (χ4v) is 0.365. The van der Waals surface area contributed by atoms with Crippen molar-refractivity contribution in [1.29, 1.82) is 0 Å². The van der Waals surface area contributed by atoms with Gasteiger partial charge in [-0.2, -0.15) is 8.42 Å². The van der Waals surface area contributed by atoms with Crippen LogP contribution in [0, 0.1) is 0 Å². The molecule has 1 atom stereocenters. The van der Waals surface area contributed by atoms with E-state index < -0.39 is 26.4 Å². The average molecular weight is 221 g/mol. The molecular weight excluding hydrogens is 210 g/mol. The monoisotopic (exact) mass is 221 g/mol. The van der Waals surface area contributed by atoms with Gasteiger partial charge in [-0.1, -0.05) is 0 Å². The van der Waals surface area contributed by atoms with Crippen LogP contribution in [0.1, 0.15) is 6.92 Å². The molecule has 0 saturated heterocycles. The second-order valence-corrected chi connectivity index (χ2v) is 4.11. The highest BCUT2D eigenvalue weighted by Crippen LogP contribution is 1.91. The van der Waals surface area contributed by atoms with Crippen LogP contribution in [0.25, 0.3) is 0 Å². The Labute approximate surface area is 72.1 Å². The molecule has 0 spiro atoms. The first kappa shape index (κ1) is 14.3. The Morgan fingerprint density at radius 2 is 1.75 bits per heavy atom. The minimum absolute atomic E-state index is 0.0428. The lowest BCUT2D eigenvalue weighted by Crippen LogP contribution is -2.25. The van der Waals surface area contributed by atoms with Crippen molar-refractivity contribution in [2.45, 2.75) is 12.2 Å². The molecule has 12 heavy (non-hydrogen) atoms. The van der Waals surface area contributed by atoms with Gasteiger partial charge in [-0.15, -0.1) is 0 Å². The van der Waals surface area contributed by atoms with Gasteiger partial charge in [0, 0.05) is 6.54 Å². The maximum absolute atomic E-state index is 10.0. The largest absolute Gasteiger partial charge is 0.329 e. The third-order valence-corrected chi connectivity index (χ3v) is 2.05. The summed E-state index contributed by atoms with van der Waals surface area (Å²) < 4.78 is 52.4. The Morgan fingerprint density at radius 1 is 1.50 bits per heavy atom. The molecule has 1 unspecified atom stereocenters. The van der Waals surface area contributed by atoms with Crippen LogP contribution in [0.2, 0.25) is 0 Å². The van der Waals surface area contributed by atoms with E-state index in [1.54, 1.807) is 0 Å². The van der Waals surface area contributed by atoms with Crippen molar-refractivity contribution in [1.82, 2.24) is 0 Å². The molecule has 0 rings (SSSR count). The van der Waals surface area contributed by atoms with Gasteiger partial charge in [0.15, 0.2) is 0 Å². The van der Waals surface area contributed by atoms with Crippen molar-refractivity contribution in [3.05, 3.63) is 0 Å². The number of hydrogen-bond acceptors (Lipinski definition) is 5. The Balaban J connectivity index is 0. The molecule has 0 aromatic heterocycles. The molecule has 0 aromatic carbocycles. The van der Waals surface area contributed by atoms with Crippen LogP contribution in [0.5, 0.6) is 0 Å². The number of rotatable bonds is 2. The number of hydrogen-bond donors (Lipinski definition) is 4. The van der Waals surface area contributed by atoms with Crippen LogP contribution >= 0.6 is 0 Å². The maximum Gasteiger partial charge on any atom is 0.268 e. The summed E-state index contributed by atoms with van der Waals surface area (Å²) in [5.74, 6) is 0. The Kier molecular flexibility index (Phi) is 7.53. The summed E-state index contributed by atoms with van der Waals surface area (Å²) >= 11 is 0. The zero-order valence-electron chi connectivity index (χ0n) is 6.24. The fraction of sp³-hybridized carbons (Fsp3) is 1.00. The minimum atomic E-state index is -3.88. The molecule has 0 radical (unpaired) electrons. The normalized spacial score (nSPS) is 13.4. The van der Waals surface area contributed by atoms with E-state index in [1.807, 2.05) is 0 Å². The number of thiol groups is 1. The lowest BCUT2D eigenvalue weighted by Gasteiger charge is -2.00. The van der Waals surface area contributed by atoms with Crippen LogP contribution in [-0.4, -0.2) is 37.7 Å². The highest BCUT2D eigenvalue weighted by Gasteiger charge is 2.13. The zero-order chi connectivity index (χ0) is 10.4. The lowest BCUT2D eigenvalue weighted by atomic mass is 10.5. The molecule has 0 aliphatic carbocycles. The van der Waals surface area contributed by atoms with E-state index in [1.165, 1.54) is 6.92 Å². The van der Waals surface area contributed by atoms with Gasteiger partial charge in [-0.05, 0) is 6.92 Å². The lowest BCUT2D eigenvalue weighted by molar-refractivity contribution is 0.471. The molecule has 0 amide bonds. The van der Waals surface area contributed by atoms with E-state index in [9.17, 15) is 8.42 Å². The predicted octanol–water partition coefficient (Wildman–Crippen LogP) is -1.71. The van der Waals surface area contributed by atoms with Crippen molar-refractivity contribution in [2.75, 3.05) is 6.54 Å². The summed E-state index contributed by atoms with van der Waals surface area (Å²) in [7, 11) is -7.00. The molecule has 0 aliphatic heterocycles. The quantitative estimate of drug-likeness (QED) is 0.322. The van der Waals surface area contributed by atoms with Crippen molar-refractivity contribution in [3.8, 4) is 0 Å². The molecule has 7 nitrogen and oxygen atoms in total. The Morgan fingerprint density at radius 3 is 1.75 bits per heavy atom.